The Morgan fingerprint density at radius 2 is 1.91 bits per heavy atom. The van der Waals surface area contributed by atoms with Crippen LogP contribution in [0.2, 0.25) is 0 Å². The number of amides is 1. The van der Waals surface area contributed by atoms with E-state index in [-0.39, 0.29) is 17.2 Å². The molecule has 0 heterocycles. The number of hydrogen-bond donors (Lipinski definition) is 3. The number of aromatic hydroxyl groups is 2. The first-order chi connectivity index (χ1) is 10.9. The summed E-state index contributed by atoms with van der Waals surface area (Å²) < 4.78 is 0. The summed E-state index contributed by atoms with van der Waals surface area (Å²) >= 11 is 0. The van der Waals surface area contributed by atoms with Crippen molar-refractivity contribution in [1.29, 1.82) is 0 Å². The number of rotatable bonds is 4. The minimum Gasteiger partial charge on any atom is -0.872 e. The number of nitro groups is 1. The zero-order chi connectivity index (χ0) is 17.0. The van der Waals surface area contributed by atoms with E-state index in [0.29, 0.717) is 5.56 Å². The van der Waals surface area contributed by atoms with Crippen LogP contribution >= 0.6 is 0 Å². The number of nitrogens with one attached hydrogen (secondary N) is 1. The summed E-state index contributed by atoms with van der Waals surface area (Å²) in [5.41, 5.74) is 1.63. The Kier molecular flexibility index (Phi) is 4.41. The molecular formula is C14H10N3O6-. The number of hydrogen-bond acceptors (Lipinski definition) is 7. The van der Waals surface area contributed by atoms with Gasteiger partial charge in [-0.15, -0.1) is 0 Å². The van der Waals surface area contributed by atoms with Gasteiger partial charge in [0.05, 0.1) is 11.1 Å². The number of benzene rings is 2. The van der Waals surface area contributed by atoms with Gasteiger partial charge in [-0.05, 0) is 23.8 Å². The lowest BCUT2D eigenvalue weighted by atomic mass is 10.1. The second-order valence-electron chi connectivity index (χ2n) is 4.38. The van der Waals surface area contributed by atoms with E-state index in [9.17, 15) is 25.1 Å². The van der Waals surface area contributed by atoms with Crippen LogP contribution in [0.1, 0.15) is 15.9 Å². The Labute approximate surface area is 129 Å². The Hall–Kier alpha value is -3.62. The van der Waals surface area contributed by atoms with Gasteiger partial charge in [0, 0.05) is 17.7 Å². The Morgan fingerprint density at radius 1 is 1.17 bits per heavy atom. The summed E-state index contributed by atoms with van der Waals surface area (Å²) in [5, 5.41) is 44.2. The van der Waals surface area contributed by atoms with E-state index in [1.165, 1.54) is 24.4 Å². The van der Waals surface area contributed by atoms with E-state index in [4.69, 9.17) is 5.11 Å². The SMILES string of the molecule is O=C(N/N=C/c1ccc(O)c(O)c1)c1cc([N+](=O)[O-])ccc1[O-]. The molecule has 0 aliphatic heterocycles. The lowest BCUT2D eigenvalue weighted by Gasteiger charge is -2.10. The van der Waals surface area contributed by atoms with Crippen molar-refractivity contribution in [2.75, 3.05) is 0 Å². The van der Waals surface area contributed by atoms with E-state index >= 15 is 0 Å². The highest BCUT2D eigenvalue weighted by molar-refractivity contribution is 5.97. The van der Waals surface area contributed by atoms with Gasteiger partial charge in [-0.2, -0.15) is 5.10 Å². The summed E-state index contributed by atoms with van der Waals surface area (Å²) in [7, 11) is 0. The van der Waals surface area contributed by atoms with Crippen molar-refractivity contribution in [3.63, 3.8) is 0 Å². The Morgan fingerprint density at radius 3 is 2.57 bits per heavy atom. The van der Waals surface area contributed by atoms with E-state index in [0.717, 1.165) is 18.2 Å². The van der Waals surface area contributed by atoms with Gasteiger partial charge >= 0.3 is 0 Å². The highest BCUT2D eigenvalue weighted by Gasteiger charge is 2.12. The first-order valence-corrected chi connectivity index (χ1v) is 6.19. The summed E-state index contributed by atoms with van der Waals surface area (Å²) in [5.74, 6) is -2.25. The molecule has 0 radical (unpaired) electrons. The molecule has 2 aromatic carbocycles. The second-order valence-corrected chi connectivity index (χ2v) is 4.38. The number of nitro benzene ring substituents is 1. The second kappa shape index (κ2) is 6.43. The molecule has 9 nitrogen and oxygen atoms in total. The molecule has 2 aromatic rings. The minimum atomic E-state index is -0.905. The molecule has 9 heteroatoms. The van der Waals surface area contributed by atoms with Crippen LogP contribution in [0.3, 0.4) is 0 Å². The van der Waals surface area contributed by atoms with Crippen molar-refractivity contribution in [2.45, 2.75) is 0 Å². The maximum absolute atomic E-state index is 11.8. The van der Waals surface area contributed by atoms with Crippen LogP contribution in [0.4, 0.5) is 5.69 Å². The summed E-state index contributed by atoms with van der Waals surface area (Å²) in [6.45, 7) is 0. The molecule has 0 bridgehead atoms. The van der Waals surface area contributed by atoms with Gasteiger partial charge in [0.25, 0.3) is 11.6 Å². The van der Waals surface area contributed by atoms with Crippen LogP contribution in [0, 0.1) is 10.1 Å². The van der Waals surface area contributed by atoms with E-state index < -0.39 is 22.1 Å². The van der Waals surface area contributed by atoms with Crippen molar-refractivity contribution < 1.29 is 25.0 Å². The van der Waals surface area contributed by atoms with Gasteiger partial charge in [-0.25, -0.2) is 5.43 Å². The predicted molar refractivity (Wildman–Crippen MR) is 77.4 cm³/mol. The summed E-state index contributed by atoms with van der Waals surface area (Å²) in [6.07, 6.45) is 1.17. The number of hydrazone groups is 1. The molecule has 23 heavy (non-hydrogen) atoms. The number of phenols is 2. The number of carbonyl (C=O) groups is 1. The van der Waals surface area contributed by atoms with Crippen LogP contribution in [-0.4, -0.2) is 27.3 Å². The molecule has 0 aliphatic rings. The fourth-order valence-corrected chi connectivity index (χ4v) is 1.66. The van der Waals surface area contributed by atoms with E-state index in [1.54, 1.807) is 0 Å². The monoisotopic (exact) mass is 316 g/mol. The molecule has 1 amide bonds. The highest BCUT2D eigenvalue weighted by atomic mass is 16.6. The maximum atomic E-state index is 11.8. The standard InChI is InChI=1S/C14H11N3O6/c18-11-4-2-9(17(22)23)6-10(11)14(21)16-15-7-8-1-3-12(19)13(20)5-8/h1-7,18-20H,(H,16,21)/p-1/b15-7+. The van der Waals surface area contributed by atoms with Crippen LogP contribution < -0.4 is 10.5 Å². The van der Waals surface area contributed by atoms with Gasteiger partial charge in [0.15, 0.2) is 11.5 Å². The maximum Gasteiger partial charge on any atom is 0.270 e. The molecule has 118 valence electrons. The molecule has 0 aliphatic carbocycles. The fraction of sp³-hybridized carbons (Fsp3) is 0. The van der Waals surface area contributed by atoms with E-state index in [1.807, 2.05) is 0 Å². The van der Waals surface area contributed by atoms with E-state index in [2.05, 4.69) is 10.5 Å². The minimum absolute atomic E-state index is 0.307. The summed E-state index contributed by atoms with van der Waals surface area (Å²) in [4.78, 5) is 21.7. The van der Waals surface area contributed by atoms with Gasteiger partial charge in [0.2, 0.25) is 0 Å². The van der Waals surface area contributed by atoms with Crippen molar-refractivity contribution in [1.82, 2.24) is 5.43 Å². The normalized spacial score (nSPS) is 10.6. The van der Waals surface area contributed by atoms with Crippen LogP contribution in [0.15, 0.2) is 41.5 Å². The van der Waals surface area contributed by atoms with Crippen molar-refractivity contribution in [3.05, 3.63) is 57.6 Å². The van der Waals surface area contributed by atoms with Crippen LogP contribution in [-0.2, 0) is 0 Å². The van der Waals surface area contributed by atoms with Crippen molar-refractivity contribution in [3.8, 4) is 17.2 Å². The number of carbonyl (C=O) groups excluding carboxylic acids is 1. The third kappa shape index (κ3) is 3.73. The number of phenolic OH excluding ortho intramolecular Hbond substituents is 2. The smallest absolute Gasteiger partial charge is 0.270 e. The lowest BCUT2D eigenvalue weighted by Crippen LogP contribution is -2.19. The average Bonchev–Trinajstić information content (AvgIpc) is 2.51. The lowest BCUT2D eigenvalue weighted by molar-refractivity contribution is -0.385. The fourth-order valence-electron chi connectivity index (χ4n) is 1.66. The zero-order valence-electron chi connectivity index (χ0n) is 11.5. The Balaban J connectivity index is 2.13. The predicted octanol–water partition coefficient (Wildman–Crippen LogP) is 0.843. The van der Waals surface area contributed by atoms with Gasteiger partial charge in [-0.1, -0.05) is 11.8 Å². The van der Waals surface area contributed by atoms with Crippen LogP contribution in [0.5, 0.6) is 17.2 Å². The molecule has 0 atom stereocenters. The molecule has 0 saturated carbocycles. The largest absolute Gasteiger partial charge is 0.872 e. The third-order valence-electron chi connectivity index (χ3n) is 2.80. The first kappa shape index (κ1) is 15.8. The average molecular weight is 316 g/mol. The molecule has 3 N–H and O–H groups in total. The molecule has 2 rings (SSSR count). The Bertz CT molecular complexity index is 803. The highest BCUT2D eigenvalue weighted by Crippen LogP contribution is 2.24. The molecule has 0 fully saturated rings. The topological polar surface area (TPSA) is 148 Å². The zero-order valence-corrected chi connectivity index (χ0v) is 11.5. The molecule has 0 aromatic heterocycles. The van der Waals surface area contributed by atoms with Crippen molar-refractivity contribution >= 4 is 17.8 Å². The first-order valence-electron chi connectivity index (χ1n) is 6.19. The molecular weight excluding hydrogens is 306 g/mol. The van der Waals surface area contributed by atoms with Crippen molar-refractivity contribution in [2.24, 2.45) is 5.10 Å². The molecule has 0 spiro atoms. The summed E-state index contributed by atoms with van der Waals surface area (Å²) in [6, 6.07) is 6.65. The molecule has 0 unspecified atom stereocenters. The number of nitrogens with zero attached hydrogens (tertiary/aromatic N) is 2. The van der Waals surface area contributed by atoms with Gasteiger partial charge in [0.1, 0.15) is 0 Å². The number of non-ortho nitro benzene ring substituents is 1. The quantitative estimate of drug-likeness (QED) is 0.329. The van der Waals surface area contributed by atoms with Gasteiger partial charge < -0.3 is 15.3 Å². The van der Waals surface area contributed by atoms with Crippen LogP contribution in [0.25, 0.3) is 0 Å². The van der Waals surface area contributed by atoms with Gasteiger partial charge in [-0.3, -0.25) is 14.9 Å². The molecule has 0 saturated heterocycles. The third-order valence-corrected chi connectivity index (χ3v) is 2.80.